The Balaban J connectivity index is 2.50. The van der Waals surface area contributed by atoms with E-state index >= 15 is 0 Å². The van der Waals surface area contributed by atoms with Gasteiger partial charge in [0.2, 0.25) is 5.91 Å². The summed E-state index contributed by atoms with van der Waals surface area (Å²) in [5.41, 5.74) is 2.47. The molecule has 0 fully saturated rings. The summed E-state index contributed by atoms with van der Waals surface area (Å²) in [6, 6.07) is 5.90. The number of benzene rings is 1. The molecule has 0 saturated carbocycles. The second-order valence-electron chi connectivity index (χ2n) is 6.27. The largest absolute Gasteiger partial charge is 0.444 e. The van der Waals surface area contributed by atoms with Gasteiger partial charge < -0.3 is 20.1 Å². The fourth-order valence-electron chi connectivity index (χ4n) is 1.68. The summed E-state index contributed by atoms with van der Waals surface area (Å²) in [7, 11) is 0. The van der Waals surface area contributed by atoms with Gasteiger partial charge in [-0.1, -0.05) is 12.1 Å². The molecule has 0 aliphatic heterocycles. The lowest BCUT2D eigenvalue weighted by Crippen LogP contribution is -2.43. The first-order valence-electron chi connectivity index (χ1n) is 7.63. The van der Waals surface area contributed by atoms with E-state index in [0.29, 0.717) is 5.69 Å². The number of amides is 3. The van der Waals surface area contributed by atoms with Gasteiger partial charge in [0.1, 0.15) is 18.2 Å². The highest BCUT2D eigenvalue weighted by Gasteiger charge is 2.21. The molecule has 138 valence electrons. The average Bonchev–Trinajstić information content (AvgIpc) is 2.51. The van der Waals surface area contributed by atoms with Crippen LogP contribution in [-0.2, 0) is 20.9 Å². The molecule has 0 heterocycles. The predicted octanol–water partition coefficient (Wildman–Crippen LogP) is 1.64. The van der Waals surface area contributed by atoms with E-state index in [4.69, 9.17) is 15.3 Å². The SMILES string of the molecule is C[C@H](NC(=O)OC(C)(C)C)C(=O)Nc1ccc(COC(=O)NN)cc1. The van der Waals surface area contributed by atoms with Crippen molar-refractivity contribution < 1.29 is 23.9 Å². The molecule has 0 aromatic heterocycles. The van der Waals surface area contributed by atoms with Crippen molar-refractivity contribution in [2.75, 3.05) is 5.32 Å². The number of hydrogen-bond donors (Lipinski definition) is 4. The summed E-state index contributed by atoms with van der Waals surface area (Å²) in [6.07, 6.45) is -1.40. The lowest BCUT2D eigenvalue weighted by Gasteiger charge is -2.21. The van der Waals surface area contributed by atoms with E-state index in [-0.39, 0.29) is 6.61 Å². The molecule has 0 aliphatic rings. The highest BCUT2D eigenvalue weighted by atomic mass is 16.6. The lowest BCUT2D eigenvalue weighted by atomic mass is 10.2. The zero-order valence-corrected chi connectivity index (χ0v) is 14.7. The summed E-state index contributed by atoms with van der Waals surface area (Å²) in [4.78, 5) is 34.6. The molecule has 3 amide bonds. The molecule has 9 heteroatoms. The number of hydrogen-bond acceptors (Lipinski definition) is 6. The van der Waals surface area contributed by atoms with Gasteiger partial charge in [-0.15, -0.1) is 0 Å². The van der Waals surface area contributed by atoms with E-state index in [1.165, 1.54) is 0 Å². The molecule has 0 aliphatic carbocycles. The second-order valence-corrected chi connectivity index (χ2v) is 6.27. The minimum atomic E-state index is -0.772. The van der Waals surface area contributed by atoms with Crippen LogP contribution >= 0.6 is 0 Å². The van der Waals surface area contributed by atoms with Crippen molar-refractivity contribution in [3.63, 3.8) is 0 Å². The Bertz CT molecular complexity index is 610. The summed E-state index contributed by atoms with van der Waals surface area (Å²) in [5.74, 6) is 4.51. The van der Waals surface area contributed by atoms with Gasteiger partial charge in [0.25, 0.3) is 0 Å². The summed E-state index contributed by atoms with van der Waals surface area (Å²) < 4.78 is 9.89. The number of carbonyl (C=O) groups excluding carboxylic acids is 3. The van der Waals surface area contributed by atoms with Crippen LogP contribution in [0, 0.1) is 0 Å². The van der Waals surface area contributed by atoms with E-state index in [1.54, 1.807) is 52.0 Å². The van der Waals surface area contributed by atoms with Gasteiger partial charge in [-0.3, -0.25) is 10.2 Å². The number of alkyl carbamates (subject to hydrolysis) is 1. The standard InChI is InChI=1S/C16H24N4O5/c1-10(18-14(22)25-16(2,3)4)13(21)19-12-7-5-11(6-8-12)9-24-15(23)20-17/h5-8,10H,9,17H2,1-4H3,(H,18,22)(H,19,21)(H,20,23)/t10-/m0/s1. The van der Waals surface area contributed by atoms with Crippen LogP contribution in [0.1, 0.15) is 33.3 Å². The van der Waals surface area contributed by atoms with Gasteiger partial charge in [0, 0.05) is 5.69 Å². The second kappa shape index (κ2) is 8.88. The maximum Gasteiger partial charge on any atom is 0.421 e. The minimum absolute atomic E-state index is 0.0495. The van der Waals surface area contributed by atoms with Crippen molar-refractivity contribution in [1.82, 2.24) is 10.7 Å². The quantitative estimate of drug-likeness (QED) is 0.362. The molecule has 0 bridgehead atoms. The molecule has 5 N–H and O–H groups in total. The summed E-state index contributed by atoms with van der Waals surface area (Å²) >= 11 is 0. The third-order valence-corrected chi connectivity index (χ3v) is 2.84. The van der Waals surface area contributed by atoms with E-state index < -0.39 is 29.7 Å². The molecular formula is C16H24N4O5. The predicted molar refractivity (Wildman–Crippen MR) is 91.4 cm³/mol. The average molecular weight is 352 g/mol. The molecule has 1 aromatic carbocycles. The van der Waals surface area contributed by atoms with Gasteiger partial charge >= 0.3 is 12.2 Å². The number of rotatable bonds is 5. The van der Waals surface area contributed by atoms with Crippen LogP contribution < -0.4 is 21.9 Å². The van der Waals surface area contributed by atoms with Crippen LogP contribution in [0.3, 0.4) is 0 Å². The van der Waals surface area contributed by atoms with E-state index in [2.05, 4.69) is 10.6 Å². The number of carbonyl (C=O) groups is 3. The fraction of sp³-hybridized carbons (Fsp3) is 0.438. The van der Waals surface area contributed by atoms with Crippen molar-refractivity contribution >= 4 is 23.8 Å². The van der Waals surface area contributed by atoms with Gasteiger partial charge in [-0.25, -0.2) is 15.4 Å². The van der Waals surface area contributed by atoms with Crippen LogP contribution in [0.25, 0.3) is 0 Å². The first-order chi connectivity index (χ1) is 11.6. The van der Waals surface area contributed by atoms with Gasteiger partial charge in [0.05, 0.1) is 0 Å². The van der Waals surface area contributed by atoms with Crippen molar-refractivity contribution in [1.29, 1.82) is 0 Å². The highest BCUT2D eigenvalue weighted by Crippen LogP contribution is 2.11. The van der Waals surface area contributed by atoms with Crippen molar-refractivity contribution in [2.45, 2.75) is 45.9 Å². The zero-order valence-electron chi connectivity index (χ0n) is 14.7. The molecule has 0 spiro atoms. The Kier molecular flexibility index (Phi) is 7.19. The minimum Gasteiger partial charge on any atom is -0.444 e. The van der Waals surface area contributed by atoms with Crippen molar-refractivity contribution in [3.8, 4) is 0 Å². The number of anilines is 1. The molecule has 0 radical (unpaired) electrons. The van der Waals surface area contributed by atoms with Crippen LogP contribution in [0.15, 0.2) is 24.3 Å². The van der Waals surface area contributed by atoms with Crippen LogP contribution in [0.4, 0.5) is 15.3 Å². The smallest absolute Gasteiger partial charge is 0.421 e. The van der Waals surface area contributed by atoms with Crippen LogP contribution in [-0.4, -0.2) is 29.7 Å². The maximum atomic E-state index is 12.1. The molecule has 0 saturated heterocycles. The van der Waals surface area contributed by atoms with Gasteiger partial charge in [-0.05, 0) is 45.4 Å². The first-order valence-corrected chi connectivity index (χ1v) is 7.63. The summed E-state index contributed by atoms with van der Waals surface area (Å²) in [5, 5.41) is 5.12. The molecule has 1 atom stereocenters. The fourth-order valence-corrected chi connectivity index (χ4v) is 1.68. The number of hydrazine groups is 1. The molecule has 25 heavy (non-hydrogen) atoms. The first kappa shape index (κ1) is 20.2. The third kappa shape index (κ3) is 8.02. The zero-order chi connectivity index (χ0) is 19.0. The van der Waals surface area contributed by atoms with Gasteiger partial charge in [0.15, 0.2) is 0 Å². The van der Waals surface area contributed by atoms with Crippen LogP contribution in [0.5, 0.6) is 0 Å². The van der Waals surface area contributed by atoms with E-state index in [1.807, 2.05) is 5.43 Å². The van der Waals surface area contributed by atoms with E-state index in [9.17, 15) is 14.4 Å². The molecule has 1 rings (SSSR count). The lowest BCUT2D eigenvalue weighted by molar-refractivity contribution is -0.117. The Labute approximate surface area is 146 Å². The Morgan fingerprint density at radius 1 is 1.12 bits per heavy atom. The van der Waals surface area contributed by atoms with Gasteiger partial charge in [-0.2, -0.15) is 0 Å². The third-order valence-electron chi connectivity index (χ3n) is 2.84. The molecule has 1 aromatic rings. The number of nitrogens with one attached hydrogen (secondary N) is 3. The molecular weight excluding hydrogens is 328 g/mol. The van der Waals surface area contributed by atoms with E-state index in [0.717, 1.165) is 5.56 Å². The summed E-state index contributed by atoms with van der Waals surface area (Å²) in [6.45, 7) is 6.81. The Hall–Kier alpha value is -2.81. The topological polar surface area (TPSA) is 132 Å². The maximum absolute atomic E-state index is 12.1. The molecule has 9 nitrogen and oxygen atoms in total. The Morgan fingerprint density at radius 2 is 1.72 bits per heavy atom. The van der Waals surface area contributed by atoms with Crippen LogP contribution in [0.2, 0.25) is 0 Å². The Morgan fingerprint density at radius 3 is 2.24 bits per heavy atom. The monoisotopic (exact) mass is 352 g/mol. The van der Waals surface area contributed by atoms with Crippen molar-refractivity contribution in [2.24, 2.45) is 5.84 Å². The normalized spacial score (nSPS) is 11.9. The number of ether oxygens (including phenoxy) is 2. The van der Waals surface area contributed by atoms with Crippen molar-refractivity contribution in [3.05, 3.63) is 29.8 Å². The highest BCUT2D eigenvalue weighted by molar-refractivity contribution is 5.96. The number of nitrogens with two attached hydrogens (primary N) is 1. The molecule has 0 unspecified atom stereocenters.